The monoisotopic (exact) mass is 262 g/mol. The van der Waals surface area contributed by atoms with Crippen molar-refractivity contribution in [3.05, 3.63) is 35.9 Å². The summed E-state index contributed by atoms with van der Waals surface area (Å²) >= 11 is 0. The molecule has 1 aromatic carbocycles. The number of ether oxygens (including phenoxy) is 1. The molecule has 0 aliphatic carbocycles. The molecular formula is C17H26O2. The van der Waals surface area contributed by atoms with Crippen molar-refractivity contribution in [2.75, 3.05) is 0 Å². The van der Waals surface area contributed by atoms with Crippen LogP contribution in [-0.4, -0.2) is 5.97 Å². The molecule has 0 saturated carbocycles. The molecule has 2 heteroatoms. The molecule has 0 bridgehead atoms. The SMILES string of the molecule is CCCC(C(=O)OC(C)c1ccccc1)C(C)CC. The minimum atomic E-state index is -0.169. The number of benzene rings is 1. The summed E-state index contributed by atoms with van der Waals surface area (Å²) in [6.07, 6.45) is 2.77. The topological polar surface area (TPSA) is 26.3 Å². The average Bonchev–Trinajstić information content (AvgIpc) is 2.44. The van der Waals surface area contributed by atoms with E-state index in [1.165, 1.54) is 0 Å². The molecular weight excluding hydrogens is 236 g/mol. The fourth-order valence-corrected chi connectivity index (χ4v) is 2.28. The fraction of sp³-hybridized carbons (Fsp3) is 0.588. The molecule has 3 unspecified atom stereocenters. The first-order chi connectivity index (χ1) is 9.10. The van der Waals surface area contributed by atoms with Gasteiger partial charge < -0.3 is 4.74 Å². The van der Waals surface area contributed by atoms with Crippen LogP contribution in [0, 0.1) is 11.8 Å². The molecule has 0 amide bonds. The van der Waals surface area contributed by atoms with Gasteiger partial charge in [0.2, 0.25) is 0 Å². The highest BCUT2D eigenvalue weighted by Crippen LogP contribution is 2.25. The zero-order chi connectivity index (χ0) is 14.3. The quantitative estimate of drug-likeness (QED) is 0.663. The summed E-state index contributed by atoms with van der Waals surface area (Å²) in [7, 11) is 0. The second-order valence-corrected chi connectivity index (χ2v) is 5.27. The molecule has 0 spiro atoms. The van der Waals surface area contributed by atoms with E-state index in [1.807, 2.05) is 37.3 Å². The van der Waals surface area contributed by atoms with Crippen LogP contribution in [0.15, 0.2) is 30.3 Å². The molecule has 0 aliphatic heterocycles. The van der Waals surface area contributed by atoms with Crippen LogP contribution >= 0.6 is 0 Å². The molecule has 0 N–H and O–H groups in total. The van der Waals surface area contributed by atoms with E-state index in [9.17, 15) is 4.79 Å². The van der Waals surface area contributed by atoms with Crippen molar-refractivity contribution in [1.29, 1.82) is 0 Å². The van der Waals surface area contributed by atoms with Crippen molar-refractivity contribution in [2.45, 2.75) is 53.1 Å². The highest BCUT2D eigenvalue weighted by Gasteiger charge is 2.26. The van der Waals surface area contributed by atoms with Crippen LogP contribution in [0.2, 0.25) is 0 Å². The summed E-state index contributed by atoms with van der Waals surface area (Å²) in [5.41, 5.74) is 1.05. The molecule has 1 rings (SSSR count). The van der Waals surface area contributed by atoms with Gasteiger partial charge >= 0.3 is 5.97 Å². The Morgan fingerprint density at radius 3 is 2.32 bits per heavy atom. The van der Waals surface area contributed by atoms with Gasteiger partial charge in [0.15, 0.2) is 0 Å². The Balaban J connectivity index is 2.66. The maximum atomic E-state index is 12.3. The molecule has 0 radical (unpaired) electrons. The third-order valence-corrected chi connectivity index (χ3v) is 3.80. The molecule has 3 atom stereocenters. The molecule has 106 valence electrons. The maximum absolute atomic E-state index is 12.3. The van der Waals surface area contributed by atoms with E-state index < -0.39 is 0 Å². The first kappa shape index (κ1) is 15.7. The smallest absolute Gasteiger partial charge is 0.309 e. The predicted octanol–water partition coefficient (Wildman–Crippen LogP) is 4.75. The first-order valence-corrected chi connectivity index (χ1v) is 7.35. The predicted molar refractivity (Wildman–Crippen MR) is 78.8 cm³/mol. The van der Waals surface area contributed by atoms with E-state index in [1.54, 1.807) is 0 Å². The van der Waals surface area contributed by atoms with Gasteiger partial charge in [0.1, 0.15) is 6.10 Å². The molecule has 19 heavy (non-hydrogen) atoms. The van der Waals surface area contributed by atoms with E-state index in [4.69, 9.17) is 4.74 Å². The Morgan fingerprint density at radius 2 is 1.79 bits per heavy atom. The summed E-state index contributed by atoms with van der Waals surface area (Å²) in [6.45, 7) is 8.31. The van der Waals surface area contributed by atoms with Crippen LogP contribution in [0.5, 0.6) is 0 Å². The fourth-order valence-electron chi connectivity index (χ4n) is 2.28. The summed E-state index contributed by atoms with van der Waals surface area (Å²) in [6, 6.07) is 9.90. The molecule has 0 aromatic heterocycles. The van der Waals surface area contributed by atoms with Gasteiger partial charge in [-0.05, 0) is 24.8 Å². The molecule has 2 nitrogen and oxygen atoms in total. The van der Waals surface area contributed by atoms with Crippen molar-refractivity contribution in [1.82, 2.24) is 0 Å². The Labute approximate surface area is 117 Å². The number of hydrogen-bond donors (Lipinski definition) is 0. The van der Waals surface area contributed by atoms with Gasteiger partial charge in [0.25, 0.3) is 0 Å². The van der Waals surface area contributed by atoms with Crippen LogP contribution in [0.25, 0.3) is 0 Å². The van der Waals surface area contributed by atoms with Gasteiger partial charge in [-0.25, -0.2) is 0 Å². The van der Waals surface area contributed by atoms with E-state index in [2.05, 4.69) is 20.8 Å². The van der Waals surface area contributed by atoms with Gasteiger partial charge in [-0.3, -0.25) is 4.79 Å². The van der Waals surface area contributed by atoms with Gasteiger partial charge in [-0.1, -0.05) is 63.9 Å². The van der Waals surface area contributed by atoms with Gasteiger partial charge in [-0.2, -0.15) is 0 Å². The van der Waals surface area contributed by atoms with Crippen molar-refractivity contribution in [3.63, 3.8) is 0 Å². The Morgan fingerprint density at radius 1 is 1.16 bits per heavy atom. The summed E-state index contributed by atoms with van der Waals surface area (Å²) in [5, 5.41) is 0. The van der Waals surface area contributed by atoms with Crippen molar-refractivity contribution < 1.29 is 9.53 Å². The van der Waals surface area contributed by atoms with Crippen molar-refractivity contribution >= 4 is 5.97 Å². The third-order valence-electron chi connectivity index (χ3n) is 3.80. The number of esters is 1. The van der Waals surface area contributed by atoms with Crippen LogP contribution in [0.4, 0.5) is 0 Å². The Kier molecular flexibility index (Phi) is 6.61. The van der Waals surface area contributed by atoms with Crippen LogP contribution in [0.3, 0.4) is 0 Å². The van der Waals surface area contributed by atoms with E-state index >= 15 is 0 Å². The van der Waals surface area contributed by atoms with E-state index in [0.29, 0.717) is 5.92 Å². The second kappa shape index (κ2) is 7.98. The average molecular weight is 262 g/mol. The first-order valence-electron chi connectivity index (χ1n) is 7.35. The number of rotatable bonds is 7. The third kappa shape index (κ3) is 4.70. The van der Waals surface area contributed by atoms with Crippen LogP contribution in [0.1, 0.15) is 58.6 Å². The van der Waals surface area contributed by atoms with Gasteiger partial charge in [0.05, 0.1) is 5.92 Å². The lowest BCUT2D eigenvalue weighted by Crippen LogP contribution is -2.25. The van der Waals surface area contributed by atoms with E-state index in [-0.39, 0.29) is 18.0 Å². The molecule has 0 saturated heterocycles. The Bertz CT molecular complexity index is 372. The van der Waals surface area contributed by atoms with Crippen molar-refractivity contribution in [2.24, 2.45) is 11.8 Å². The van der Waals surface area contributed by atoms with Crippen LogP contribution in [-0.2, 0) is 9.53 Å². The number of hydrogen-bond acceptors (Lipinski definition) is 2. The largest absolute Gasteiger partial charge is 0.458 e. The lowest BCUT2D eigenvalue weighted by molar-refractivity contribution is -0.155. The minimum absolute atomic E-state index is 0.0289. The molecule has 0 aliphatic rings. The normalized spacial score (nSPS) is 15.6. The highest BCUT2D eigenvalue weighted by molar-refractivity contribution is 5.73. The maximum Gasteiger partial charge on any atom is 0.309 e. The van der Waals surface area contributed by atoms with E-state index in [0.717, 1.165) is 24.8 Å². The summed E-state index contributed by atoms with van der Waals surface area (Å²) in [5.74, 6) is 0.365. The second-order valence-electron chi connectivity index (χ2n) is 5.27. The molecule has 0 heterocycles. The summed E-state index contributed by atoms with van der Waals surface area (Å²) in [4.78, 5) is 12.3. The highest BCUT2D eigenvalue weighted by atomic mass is 16.5. The lowest BCUT2D eigenvalue weighted by atomic mass is 9.88. The van der Waals surface area contributed by atoms with Gasteiger partial charge in [0, 0.05) is 0 Å². The number of carbonyl (C=O) groups excluding carboxylic acids is 1. The molecule has 1 aromatic rings. The van der Waals surface area contributed by atoms with Gasteiger partial charge in [-0.15, -0.1) is 0 Å². The van der Waals surface area contributed by atoms with Crippen LogP contribution < -0.4 is 0 Å². The zero-order valence-corrected chi connectivity index (χ0v) is 12.6. The standard InChI is InChI=1S/C17H26O2/c1-5-10-16(13(3)6-2)17(18)19-14(4)15-11-8-7-9-12-15/h7-9,11-14,16H,5-6,10H2,1-4H3. The minimum Gasteiger partial charge on any atom is -0.458 e. The Hall–Kier alpha value is -1.31. The lowest BCUT2D eigenvalue weighted by Gasteiger charge is -2.23. The van der Waals surface area contributed by atoms with Crippen molar-refractivity contribution in [3.8, 4) is 0 Å². The zero-order valence-electron chi connectivity index (χ0n) is 12.6. The number of carbonyl (C=O) groups is 1. The summed E-state index contributed by atoms with van der Waals surface area (Å²) < 4.78 is 5.64. The molecule has 0 fully saturated rings.